The monoisotopic (exact) mass is 338 g/mol. The third-order valence-electron chi connectivity index (χ3n) is 2.64. The van der Waals surface area contributed by atoms with Crippen LogP contribution in [-0.4, -0.2) is 10.9 Å². The summed E-state index contributed by atoms with van der Waals surface area (Å²) in [5, 5.41) is 3.12. The Bertz CT molecular complexity index is 620. The van der Waals surface area contributed by atoms with E-state index in [0.717, 1.165) is 21.3 Å². The van der Waals surface area contributed by atoms with Crippen LogP contribution in [-0.2, 0) is 0 Å². The maximum Gasteiger partial charge on any atom is 0.274 e. The van der Waals surface area contributed by atoms with E-state index < -0.39 is 0 Å². The van der Waals surface area contributed by atoms with E-state index in [4.69, 9.17) is 11.6 Å². The number of halogens is 2. The van der Waals surface area contributed by atoms with E-state index >= 15 is 0 Å². The van der Waals surface area contributed by atoms with Crippen molar-refractivity contribution in [3.05, 3.63) is 56.8 Å². The standard InChI is InChI=1S/C14H12BrClN2O/c1-8-6-10(7-9(2)13(8)15)17-14(19)11-4-3-5-12(16)18-11/h3-7H,1-2H3,(H,17,19). The van der Waals surface area contributed by atoms with Crippen LogP contribution in [0.15, 0.2) is 34.8 Å². The Kier molecular flexibility index (Phi) is 4.22. The molecule has 0 aliphatic carbocycles. The van der Waals surface area contributed by atoms with E-state index in [1.165, 1.54) is 0 Å². The lowest BCUT2D eigenvalue weighted by atomic mass is 10.1. The van der Waals surface area contributed by atoms with Crippen molar-refractivity contribution in [2.24, 2.45) is 0 Å². The maximum atomic E-state index is 12.0. The number of aryl methyl sites for hydroxylation is 2. The second kappa shape index (κ2) is 5.72. The zero-order valence-electron chi connectivity index (χ0n) is 10.5. The fourth-order valence-electron chi connectivity index (χ4n) is 1.75. The van der Waals surface area contributed by atoms with Gasteiger partial charge in [0.25, 0.3) is 5.91 Å². The molecule has 1 aromatic carbocycles. The molecule has 1 amide bonds. The molecule has 98 valence electrons. The molecule has 5 heteroatoms. The van der Waals surface area contributed by atoms with Gasteiger partial charge in [-0.05, 0) is 49.2 Å². The number of hydrogen-bond donors (Lipinski definition) is 1. The molecule has 1 aromatic heterocycles. The number of hydrogen-bond acceptors (Lipinski definition) is 2. The van der Waals surface area contributed by atoms with E-state index in [0.29, 0.717) is 10.8 Å². The molecular formula is C14H12BrClN2O. The lowest BCUT2D eigenvalue weighted by molar-refractivity contribution is 0.102. The summed E-state index contributed by atoms with van der Waals surface area (Å²) in [7, 11) is 0. The summed E-state index contributed by atoms with van der Waals surface area (Å²) in [6.07, 6.45) is 0. The highest BCUT2D eigenvalue weighted by Gasteiger charge is 2.09. The summed E-state index contributed by atoms with van der Waals surface area (Å²) in [5.41, 5.74) is 3.17. The third-order valence-corrected chi connectivity index (χ3v) is 4.10. The number of aromatic nitrogens is 1. The first-order chi connectivity index (χ1) is 8.97. The van der Waals surface area contributed by atoms with Gasteiger partial charge in [0.05, 0.1) is 0 Å². The summed E-state index contributed by atoms with van der Waals surface area (Å²) in [6, 6.07) is 8.76. The number of benzene rings is 1. The zero-order valence-corrected chi connectivity index (χ0v) is 12.8. The SMILES string of the molecule is Cc1cc(NC(=O)c2cccc(Cl)n2)cc(C)c1Br. The highest BCUT2D eigenvalue weighted by Crippen LogP contribution is 2.25. The summed E-state index contributed by atoms with van der Waals surface area (Å²) in [6.45, 7) is 3.95. The van der Waals surface area contributed by atoms with Crippen LogP contribution < -0.4 is 5.32 Å². The molecule has 0 saturated carbocycles. The molecule has 19 heavy (non-hydrogen) atoms. The molecule has 0 radical (unpaired) electrons. The normalized spacial score (nSPS) is 10.3. The van der Waals surface area contributed by atoms with Crippen LogP contribution in [0.2, 0.25) is 5.15 Å². The Balaban J connectivity index is 2.24. The van der Waals surface area contributed by atoms with E-state index in [1.54, 1.807) is 18.2 Å². The molecule has 0 atom stereocenters. The lowest BCUT2D eigenvalue weighted by Gasteiger charge is -2.09. The third kappa shape index (κ3) is 3.33. The molecule has 0 bridgehead atoms. The average molecular weight is 340 g/mol. The molecule has 0 saturated heterocycles. The summed E-state index contributed by atoms with van der Waals surface area (Å²) >= 11 is 9.26. The Labute approximate surface area is 125 Å². The number of amides is 1. The molecule has 0 aliphatic rings. The van der Waals surface area contributed by atoms with Gasteiger partial charge in [-0.3, -0.25) is 4.79 Å². The van der Waals surface area contributed by atoms with Gasteiger partial charge in [0, 0.05) is 10.2 Å². The van der Waals surface area contributed by atoms with Gasteiger partial charge in [-0.2, -0.15) is 0 Å². The van der Waals surface area contributed by atoms with Crippen molar-refractivity contribution in [1.29, 1.82) is 0 Å². The van der Waals surface area contributed by atoms with Crippen molar-refractivity contribution in [2.75, 3.05) is 5.32 Å². The van der Waals surface area contributed by atoms with Crippen LogP contribution in [0.3, 0.4) is 0 Å². The number of nitrogens with zero attached hydrogens (tertiary/aromatic N) is 1. The minimum atomic E-state index is -0.274. The first-order valence-electron chi connectivity index (χ1n) is 5.68. The number of anilines is 1. The molecule has 0 unspecified atom stereocenters. The van der Waals surface area contributed by atoms with Crippen molar-refractivity contribution in [3.63, 3.8) is 0 Å². The van der Waals surface area contributed by atoms with Gasteiger partial charge < -0.3 is 5.32 Å². The first-order valence-corrected chi connectivity index (χ1v) is 6.85. The second-order valence-electron chi connectivity index (χ2n) is 4.22. The fourth-order valence-corrected chi connectivity index (χ4v) is 2.14. The van der Waals surface area contributed by atoms with Crippen molar-refractivity contribution in [1.82, 2.24) is 4.98 Å². The van der Waals surface area contributed by atoms with Crippen LogP contribution in [0.4, 0.5) is 5.69 Å². The van der Waals surface area contributed by atoms with Crippen LogP contribution in [0.5, 0.6) is 0 Å². The second-order valence-corrected chi connectivity index (χ2v) is 5.40. The number of carbonyl (C=O) groups excluding carboxylic acids is 1. The van der Waals surface area contributed by atoms with Gasteiger partial charge >= 0.3 is 0 Å². The molecule has 0 aliphatic heterocycles. The molecule has 2 rings (SSSR count). The van der Waals surface area contributed by atoms with E-state index in [-0.39, 0.29) is 5.91 Å². The minimum absolute atomic E-state index is 0.274. The lowest BCUT2D eigenvalue weighted by Crippen LogP contribution is -2.13. The van der Waals surface area contributed by atoms with Crippen molar-refractivity contribution in [3.8, 4) is 0 Å². The Morgan fingerprint density at radius 2 is 1.89 bits per heavy atom. The van der Waals surface area contributed by atoms with E-state index in [9.17, 15) is 4.79 Å². The zero-order chi connectivity index (χ0) is 14.0. The average Bonchev–Trinajstić information content (AvgIpc) is 2.36. The molecular weight excluding hydrogens is 328 g/mol. The van der Waals surface area contributed by atoms with Crippen LogP contribution in [0, 0.1) is 13.8 Å². The van der Waals surface area contributed by atoms with Gasteiger partial charge in [0.1, 0.15) is 10.8 Å². The molecule has 1 N–H and O–H groups in total. The predicted octanol–water partition coefficient (Wildman–Crippen LogP) is 4.37. The number of rotatable bonds is 2. The number of nitrogens with one attached hydrogen (secondary N) is 1. The van der Waals surface area contributed by atoms with Gasteiger partial charge in [0.15, 0.2) is 0 Å². The Hall–Kier alpha value is -1.39. The molecule has 2 aromatic rings. The van der Waals surface area contributed by atoms with Gasteiger partial charge in [-0.25, -0.2) is 4.98 Å². The topological polar surface area (TPSA) is 42.0 Å². The summed E-state index contributed by atoms with van der Waals surface area (Å²) < 4.78 is 1.05. The van der Waals surface area contributed by atoms with Crippen molar-refractivity contribution in [2.45, 2.75) is 13.8 Å². The Morgan fingerprint density at radius 3 is 2.47 bits per heavy atom. The van der Waals surface area contributed by atoms with Crippen LogP contribution >= 0.6 is 27.5 Å². The maximum absolute atomic E-state index is 12.0. The number of carbonyl (C=O) groups is 1. The molecule has 3 nitrogen and oxygen atoms in total. The summed E-state index contributed by atoms with van der Waals surface area (Å²) in [5.74, 6) is -0.274. The van der Waals surface area contributed by atoms with Crippen molar-refractivity contribution < 1.29 is 4.79 Å². The summed E-state index contributed by atoms with van der Waals surface area (Å²) in [4.78, 5) is 16.0. The van der Waals surface area contributed by atoms with Crippen LogP contribution in [0.25, 0.3) is 0 Å². The van der Waals surface area contributed by atoms with Gasteiger partial charge in [0.2, 0.25) is 0 Å². The number of pyridine rings is 1. The molecule has 1 heterocycles. The first kappa shape index (κ1) is 14.0. The van der Waals surface area contributed by atoms with Crippen LogP contribution in [0.1, 0.15) is 21.6 Å². The smallest absolute Gasteiger partial charge is 0.274 e. The van der Waals surface area contributed by atoms with E-state index in [2.05, 4.69) is 26.2 Å². The quantitative estimate of drug-likeness (QED) is 0.826. The highest BCUT2D eigenvalue weighted by atomic mass is 79.9. The van der Waals surface area contributed by atoms with Crippen molar-refractivity contribution >= 4 is 39.1 Å². The molecule has 0 spiro atoms. The predicted molar refractivity (Wildman–Crippen MR) is 80.8 cm³/mol. The highest BCUT2D eigenvalue weighted by molar-refractivity contribution is 9.10. The molecule has 0 fully saturated rings. The minimum Gasteiger partial charge on any atom is -0.321 e. The fraction of sp³-hybridized carbons (Fsp3) is 0.143. The van der Waals surface area contributed by atoms with Gasteiger partial charge in [-0.1, -0.05) is 33.6 Å². The largest absolute Gasteiger partial charge is 0.321 e. The Morgan fingerprint density at radius 1 is 1.26 bits per heavy atom. The van der Waals surface area contributed by atoms with E-state index in [1.807, 2.05) is 26.0 Å². The van der Waals surface area contributed by atoms with Gasteiger partial charge in [-0.15, -0.1) is 0 Å².